The number of hydrogen-bond donors (Lipinski definition) is 1. The van der Waals surface area contributed by atoms with E-state index in [1.165, 1.54) is 5.69 Å². The Bertz CT molecular complexity index is 301. The fourth-order valence-corrected chi connectivity index (χ4v) is 1.91. The van der Waals surface area contributed by atoms with Crippen molar-refractivity contribution < 1.29 is 0 Å². The average Bonchev–Trinajstić information content (AvgIpc) is 2.30. The highest BCUT2D eigenvalue weighted by Crippen LogP contribution is 2.15. The molecular weight excluding hydrogens is 200 g/mol. The van der Waals surface area contributed by atoms with Crippen LogP contribution in [-0.2, 0) is 0 Å². The van der Waals surface area contributed by atoms with Gasteiger partial charge in [0.15, 0.2) is 0 Å². The first-order valence-corrected chi connectivity index (χ1v) is 5.48. The highest BCUT2D eigenvalue weighted by molar-refractivity contribution is 5.48. The molecule has 1 aromatic rings. The Morgan fingerprint density at radius 3 is 2.44 bits per heavy atom. The van der Waals surface area contributed by atoms with Crippen molar-refractivity contribution in [3.8, 4) is 0 Å². The van der Waals surface area contributed by atoms with Crippen LogP contribution in [0.2, 0.25) is 0 Å². The van der Waals surface area contributed by atoms with E-state index >= 15 is 0 Å². The SMILES string of the molecule is C.CCN1CCN(c2ccc(N)nc2)CC1. The molecule has 0 aromatic carbocycles. The minimum absolute atomic E-state index is 0. The van der Waals surface area contributed by atoms with Crippen molar-refractivity contribution in [1.82, 2.24) is 9.88 Å². The van der Waals surface area contributed by atoms with Crippen LogP contribution in [0.1, 0.15) is 14.4 Å². The predicted octanol–water partition coefficient (Wildman–Crippen LogP) is 1.44. The number of hydrogen-bond acceptors (Lipinski definition) is 4. The van der Waals surface area contributed by atoms with Gasteiger partial charge in [0.2, 0.25) is 0 Å². The van der Waals surface area contributed by atoms with E-state index in [1.807, 2.05) is 18.3 Å². The van der Waals surface area contributed by atoms with Crippen molar-refractivity contribution in [3.63, 3.8) is 0 Å². The van der Waals surface area contributed by atoms with E-state index in [1.54, 1.807) is 0 Å². The van der Waals surface area contributed by atoms with Crippen molar-refractivity contribution in [2.45, 2.75) is 14.4 Å². The van der Waals surface area contributed by atoms with Gasteiger partial charge in [-0.05, 0) is 18.7 Å². The number of nitrogens with two attached hydrogens (primary N) is 1. The van der Waals surface area contributed by atoms with Gasteiger partial charge in [-0.1, -0.05) is 14.4 Å². The smallest absolute Gasteiger partial charge is 0.123 e. The van der Waals surface area contributed by atoms with Gasteiger partial charge in [-0.3, -0.25) is 0 Å². The second-order valence-corrected chi connectivity index (χ2v) is 3.86. The van der Waals surface area contributed by atoms with E-state index < -0.39 is 0 Å². The molecule has 2 N–H and O–H groups in total. The number of nitrogens with zero attached hydrogens (tertiary/aromatic N) is 3. The fourth-order valence-electron chi connectivity index (χ4n) is 1.91. The maximum Gasteiger partial charge on any atom is 0.123 e. The lowest BCUT2D eigenvalue weighted by Gasteiger charge is -2.35. The van der Waals surface area contributed by atoms with Crippen LogP contribution < -0.4 is 10.6 Å². The van der Waals surface area contributed by atoms with Crippen LogP contribution in [0.3, 0.4) is 0 Å². The van der Waals surface area contributed by atoms with E-state index in [-0.39, 0.29) is 7.43 Å². The summed E-state index contributed by atoms with van der Waals surface area (Å²) in [6.07, 6.45) is 1.86. The molecule has 90 valence electrons. The third-order valence-corrected chi connectivity index (χ3v) is 2.96. The maximum atomic E-state index is 5.56. The number of piperazine rings is 1. The van der Waals surface area contributed by atoms with Gasteiger partial charge in [0.25, 0.3) is 0 Å². The lowest BCUT2D eigenvalue weighted by molar-refractivity contribution is 0.271. The number of likely N-dealkylation sites (N-methyl/N-ethyl adjacent to an activating group) is 1. The standard InChI is InChI=1S/C11H18N4.CH4/c1-2-14-5-7-15(8-6-14)10-3-4-11(12)13-9-10;/h3-4,9H,2,5-8H2,1H3,(H2,12,13);1H4. The largest absolute Gasteiger partial charge is 0.384 e. The Kier molecular flexibility index (Phi) is 4.55. The van der Waals surface area contributed by atoms with Gasteiger partial charge in [-0.15, -0.1) is 0 Å². The Morgan fingerprint density at radius 2 is 1.94 bits per heavy atom. The summed E-state index contributed by atoms with van der Waals surface area (Å²) >= 11 is 0. The molecule has 0 atom stereocenters. The Hall–Kier alpha value is -1.29. The first-order chi connectivity index (χ1) is 7.29. The normalized spacial score (nSPS) is 16.9. The van der Waals surface area contributed by atoms with Crippen LogP contribution in [0, 0.1) is 0 Å². The first-order valence-electron chi connectivity index (χ1n) is 5.48. The lowest BCUT2D eigenvalue weighted by atomic mass is 10.3. The Morgan fingerprint density at radius 1 is 1.25 bits per heavy atom. The molecule has 1 aromatic heterocycles. The molecule has 0 unspecified atom stereocenters. The number of rotatable bonds is 2. The monoisotopic (exact) mass is 222 g/mol. The second-order valence-electron chi connectivity index (χ2n) is 3.86. The van der Waals surface area contributed by atoms with Gasteiger partial charge in [-0.25, -0.2) is 4.98 Å². The fraction of sp³-hybridized carbons (Fsp3) is 0.583. The van der Waals surface area contributed by atoms with Gasteiger partial charge >= 0.3 is 0 Å². The molecule has 1 saturated heterocycles. The summed E-state index contributed by atoms with van der Waals surface area (Å²) in [4.78, 5) is 8.94. The van der Waals surface area contributed by atoms with Crippen LogP contribution >= 0.6 is 0 Å². The van der Waals surface area contributed by atoms with E-state index in [0.29, 0.717) is 5.82 Å². The van der Waals surface area contributed by atoms with Crippen molar-refractivity contribution >= 4 is 11.5 Å². The third-order valence-electron chi connectivity index (χ3n) is 2.96. The van der Waals surface area contributed by atoms with Gasteiger partial charge < -0.3 is 15.5 Å². The second kappa shape index (κ2) is 5.70. The summed E-state index contributed by atoms with van der Waals surface area (Å²) in [7, 11) is 0. The van der Waals surface area contributed by atoms with Crippen LogP contribution in [-0.4, -0.2) is 42.6 Å². The molecule has 1 aliphatic heterocycles. The lowest BCUT2D eigenvalue weighted by Crippen LogP contribution is -2.46. The van der Waals surface area contributed by atoms with E-state index in [9.17, 15) is 0 Å². The molecule has 0 saturated carbocycles. The van der Waals surface area contributed by atoms with Gasteiger partial charge in [-0.2, -0.15) is 0 Å². The summed E-state index contributed by atoms with van der Waals surface area (Å²) in [6.45, 7) is 7.80. The average molecular weight is 222 g/mol. The quantitative estimate of drug-likeness (QED) is 0.822. The van der Waals surface area contributed by atoms with Crippen molar-refractivity contribution in [1.29, 1.82) is 0 Å². The Balaban J connectivity index is 0.00000128. The summed E-state index contributed by atoms with van der Waals surface area (Å²) in [5.41, 5.74) is 6.74. The summed E-state index contributed by atoms with van der Waals surface area (Å²) < 4.78 is 0. The highest BCUT2D eigenvalue weighted by atomic mass is 15.3. The number of pyridine rings is 1. The van der Waals surface area contributed by atoms with Gasteiger partial charge in [0, 0.05) is 26.2 Å². The van der Waals surface area contributed by atoms with Gasteiger partial charge in [0.1, 0.15) is 5.82 Å². The maximum absolute atomic E-state index is 5.56. The molecular formula is C12H22N4. The molecule has 4 nitrogen and oxygen atoms in total. The number of aromatic nitrogens is 1. The minimum atomic E-state index is 0. The molecule has 2 heterocycles. The molecule has 2 rings (SSSR count). The van der Waals surface area contributed by atoms with Crippen molar-refractivity contribution in [2.75, 3.05) is 43.4 Å². The molecule has 0 spiro atoms. The molecule has 4 heteroatoms. The molecule has 16 heavy (non-hydrogen) atoms. The number of nitrogen functional groups attached to an aromatic ring is 1. The zero-order valence-corrected chi connectivity index (χ0v) is 9.19. The van der Waals surface area contributed by atoms with E-state index in [2.05, 4.69) is 21.7 Å². The van der Waals surface area contributed by atoms with Crippen LogP contribution in [0.4, 0.5) is 11.5 Å². The summed E-state index contributed by atoms with van der Waals surface area (Å²) in [5, 5.41) is 0. The number of anilines is 2. The van der Waals surface area contributed by atoms with Crippen LogP contribution in [0.5, 0.6) is 0 Å². The molecule has 1 fully saturated rings. The minimum Gasteiger partial charge on any atom is -0.384 e. The highest BCUT2D eigenvalue weighted by Gasteiger charge is 2.15. The third kappa shape index (κ3) is 2.85. The van der Waals surface area contributed by atoms with Crippen molar-refractivity contribution in [3.05, 3.63) is 18.3 Å². The van der Waals surface area contributed by atoms with Crippen molar-refractivity contribution in [2.24, 2.45) is 0 Å². The van der Waals surface area contributed by atoms with E-state index in [0.717, 1.165) is 32.7 Å². The van der Waals surface area contributed by atoms with Gasteiger partial charge in [0.05, 0.1) is 11.9 Å². The van der Waals surface area contributed by atoms with E-state index in [4.69, 9.17) is 5.73 Å². The van der Waals surface area contributed by atoms with Crippen LogP contribution in [0.25, 0.3) is 0 Å². The molecule has 0 aliphatic carbocycles. The summed E-state index contributed by atoms with van der Waals surface area (Å²) in [5.74, 6) is 0.589. The molecule has 0 amide bonds. The zero-order chi connectivity index (χ0) is 10.7. The predicted molar refractivity (Wildman–Crippen MR) is 69.7 cm³/mol. The van der Waals surface area contributed by atoms with Crippen LogP contribution in [0.15, 0.2) is 18.3 Å². The zero-order valence-electron chi connectivity index (χ0n) is 9.19. The molecule has 1 aliphatic rings. The Labute approximate surface area is 98.1 Å². The molecule has 0 bridgehead atoms. The topological polar surface area (TPSA) is 45.4 Å². The first kappa shape index (κ1) is 12.8. The molecule has 0 radical (unpaired) electrons. The summed E-state index contributed by atoms with van der Waals surface area (Å²) in [6, 6.07) is 3.91.